The van der Waals surface area contributed by atoms with Crippen LogP contribution in [0.15, 0.2) is 78.4 Å². The highest BCUT2D eigenvalue weighted by molar-refractivity contribution is 6.32. The van der Waals surface area contributed by atoms with Gasteiger partial charge in [0, 0.05) is 12.5 Å². The molecule has 10 heteroatoms. The van der Waals surface area contributed by atoms with Crippen LogP contribution in [-0.2, 0) is 25.6 Å². The first-order valence-corrected chi connectivity index (χ1v) is 15.8. The van der Waals surface area contributed by atoms with Crippen molar-refractivity contribution in [2.45, 2.75) is 32.1 Å². The number of rotatable bonds is 6. The Morgan fingerprint density at radius 3 is 2.35 bits per heavy atom. The Morgan fingerprint density at radius 1 is 0.935 bits per heavy atom. The van der Waals surface area contributed by atoms with E-state index in [4.69, 9.17) is 16.3 Å². The smallest absolute Gasteiger partial charge is 0.241 e. The van der Waals surface area contributed by atoms with E-state index in [-0.39, 0.29) is 58.9 Å². The fraction of sp³-hybridized carbons (Fsp3) is 0.333. The fourth-order valence-electron chi connectivity index (χ4n) is 8.32. The lowest BCUT2D eigenvalue weighted by Crippen LogP contribution is -2.48. The third-order valence-electron chi connectivity index (χ3n) is 10.5. The van der Waals surface area contributed by atoms with E-state index >= 15 is 0 Å². The highest BCUT2D eigenvalue weighted by atomic mass is 35.5. The van der Waals surface area contributed by atoms with Gasteiger partial charge in [0.2, 0.25) is 23.6 Å². The van der Waals surface area contributed by atoms with Gasteiger partial charge in [-0.1, -0.05) is 53.6 Å². The monoisotopic (exact) mass is 640 g/mol. The Hall–Kier alpha value is -4.63. The molecule has 7 rings (SSSR count). The molecule has 3 aromatic rings. The first kappa shape index (κ1) is 30.0. The van der Waals surface area contributed by atoms with Crippen LogP contribution in [0.5, 0.6) is 17.2 Å². The standard InChI is InChI=1S/C36H33ClN2O7/c1-36-26(33(43)39(35(36)45)21-6-4-3-5-7-21)18-25-23(30(36)20-16-27(37)31(41)28(17-20)46-2)12-13-24-29(25)34(44)38(32(24)42)15-14-19-8-10-22(40)11-9-19/h3-12,16-17,24-26,29-30,40-41H,13-15,18H2,1-2H3. The molecule has 4 aliphatic rings. The Balaban J connectivity index is 1.31. The number of hydrogen-bond acceptors (Lipinski definition) is 7. The number of anilines is 1. The van der Waals surface area contributed by atoms with Gasteiger partial charge >= 0.3 is 0 Å². The van der Waals surface area contributed by atoms with Gasteiger partial charge in [0.15, 0.2) is 11.5 Å². The normalized spacial score (nSPS) is 28.6. The first-order valence-electron chi connectivity index (χ1n) is 15.4. The van der Waals surface area contributed by atoms with E-state index in [2.05, 4.69) is 0 Å². The average molecular weight is 641 g/mol. The van der Waals surface area contributed by atoms with Gasteiger partial charge in [-0.2, -0.15) is 0 Å². The number of phenols is 2. The van der Waals surface area contributed by atoms with Crippen LogP contribution >= 0.6 is 11.6 Å². The zero-order valence-electron chi connectivity index (χ0n) is 25.4. The molecule has 236 valence electrons. The molecule has 3 fully saturated rings. The lowest BCUT2D eigenvalue weighted by atomic mass is 9.51. The molecular formula is C36H33ClN2O7. The Bertz CT molecular complexity index is 1810. The van der Waals surface area contributed by atoms with Crippen molar-refractivity contribution in [2.75, 3.05) is 18.6 Å². The summed E-state index contributed by atoms with van der Waals surface area (Å²) in [5.74, 6) is -4.35. The number of nitrogens with zero attached hydrogens (tertiary/aromatic N) is 2. The maximum atomic E-state index is 14.5. The summed E-state index contributed by atoms with van der Waals surface area (Å²) in [6.07, 6.45) is 2.97. The van der Waals surface area contributed by atoms with Gasteiger partial charge in [-0.25, -0.2) is 4.90 Å². The van der Waals surface area contributed by atoms with Crippen molar-refractivity contribution >= 4 is 40.9 Å². The number of allylic oxidation sites excluding steroid dienone is 2. The quantitative estimate of drug-likeness (QED) is 0.279. The zero-order valence-corrected chi connectivity index (χ0v) is 26.1. The van der Waals surface area contributed by atoms with Crippen LogP contribution in [0.4, 0.5) is 5.69 Å². The van der Waals surface area contributed by atoms with Crippen LogP contribution in [0.2, 0.25) is 5.02 Å². The minimum absolute atomic E-state index is 0.0372. The van der Waals surface area contributed by atoms with Crippen molar-refractivity contribution in [1.82, 2.24) is 4.90 Å². The number of hydrogen-bond donors (Lipinski definition) is 2. The molecule has 0 spiro atoms. The second-order valence-electron chi connectivity index (χ2n) is 12.8. The van der Waals surface area contributed by atoms with E-state index in [1.807, 2.05) is 12.1 Å². The zero-order chi connectivity index (χ0) is 32.5. The van der Waals surface area contributed by atoms with Crippen LogP contribution in [0.25, 0.3) is 0 Å². The summed E-state index contributed by atoms with van der Waals surface area (Å²) in [5, 5.41) is 20.2. The Labute approximate surface area is 271 Å². The number of aromatic hydroxyl groups is 2. The second-order valence-corrected chi connectivity index (χ2v) is 13.2. The predicted octanol–water partition coefficient (Wildman–Crippen LogP) is 5.23. The van der Waals surface area contributed by atoms with Gasteiger partial charge < -0.3 is 14.9 Å². The Morgan fingerprint density at radius 2 is 1.65 bits per heavy atom. The lowest BCUT2D eigenvalue weighted by molar-refractivity contribution is -0.140. The third kappa shape index (κ3) is 4.35. The number of fused-ring (bicyclic) bond motifs is 4. The van der Waals surface area contributed by atoms with Gasteiger partial charge in [-0.3, -0.25) is 24.1 Å². The molecule has 1 saturated carbocycles. The van der Waals surface area contributed by atoms with Crippen molar-refractivity contribution in [2.24, 2.45) is 29.1 Å². The topological polar surface area (TPSA) is 124 Å². The molecule has 2 aliphatic heterocycles. The first-order chi connectivity index (χ1) is 22.1. The number of likely N-dealkylation sites (tertiary alicyclic amines) is 1. The highest BCUT2D eigenvalue weighted by Gasteiger charge is 2.67. The molecule has 0 radical (unpaired) electrons. The molecule has 2 saturated heterocycles. The van der Waals surface area contributed by atoms with Crippen LogP contribution in [-0.4, -0.2) is 52.4 Å². The largest absolute Gasteiger partial charge is 0.508 e. The van der Waals surface area contributed by atoms with Crippen LogP contribution < -0.4 is 9.64 Å². The summed E-state index contributed by atoms with van der Waals surface area (Å²) < 4.78 is 5.42. The second kappa shape index (κ2) is 11.0. The summed E-state index contributed by atoms with van der Waals surface area (Å²) >= 11 is 6.48. The van der Waals surface area contributed by atoms with E-state index in [9.17, 15) is 29.4 Å². The minimum Gasteiger partial charge on any atom is -0.508 e. The van der Waals surface area contributed by atoms with Gasteiger partial charge in [-0.05, 0) is 79.6 Å². The van der Waals surface area contributed by atoms with Crippen molar-refractivity contribution in [3.63, 3.8) is 0 Å². The van der Waals surface area contributed by atoms with Crippen molar-refractivity contribution in [1.29, 1.82) is 0 Å². The number of phenolic OH excluding ortho intramolecular Hbond substituents is 2. The molecule has 2 aliphatic carbocycles. The summed E-state index contributed by atoms with van der Waals surface area (Å²) in [5.41, 5.74) is 1.52. The number of imide groups is 2. The molecular weight excluding hydrogens is 608 g/mol. The summed E-state index contributed by atoms with van der Waals surface area (Å²) in [4.78, 5) is 59.2. The average Bonchev–Trinajstić information content (AvgIpc) is 3.41. The van der Waals surface area contributed by atoms with Gasteiger partial charge in [0.25, 0.3) is 0 Å². The van der Waals surface area contributed by atoms with E-state index < -0.39 is 35.0 Å². The Kier molecular flexibility index (Phi) is 7.20. The van der Waals surface area contributed by atoms with Crippen molar-refractivity contribution in [3.05, 3.63) is 94.5 Å². The number of benzene rings is 3. The molecule has 2 N–H and O–H groups in total. The lowest BCUT2D eigenvalue weighted by Gasteiger charge is -2.49. The van der Waals surface area contributed by atoms with Gasteiger partial charge in [-0.15, -0.1) is 0 Å². The number of ether oxygens (including phenoxy) is 1. The summed E-state index contributed by atoms with van der Waals surface area (Å²) in [6, 6.07) is 18.7. The molecule has 4 amide bonds. The number of para-hydroxylation sites is 1. The van der Waals surface area contributed by atoms with Gasteiger partial charge in [0.1, 0.15) is 5.75 Å². The van der Waals surface area contributed by atoms with E-state index in [1.54, 1.807) is 67.6 Å². The van der Waals surface area contributed by atoms with Gasteiger partial charge in [0.05, 0.1) is 41.0 Å². The third-order valence-corrected chi connectivity index (χ3v) is 10.8. The summed E-state index contributed by atoms with van der Waals surface area (Å²) in [7, 11) is 1.41. The number of methoxy groups -OCH3 is 1. The highest BCUT2D eigenvalue weighted by Crippen LogP contribution is 2.64. The van der Waals surface area contributed by atoms with E-state index in [0.717, 1.165) is 11.1 Å². The molecule has 6 unspecified atom stereocenters. The summed E-state index contributed by atoms with van der Waals surface area (Å²) in [6.45, 7) is 2.00. The fourth-order valence-corrected chi connectivity index (χ4v) is 8.54. The number of carbonyl (C=O) groups excluding carboxylic acids is 4. The number of carbonyl (C=O) groups is 4. The van der Waals surface area contributed by atoms with Crippen molar-refractivity contribution < 1.29 is 34.1 Å². The van der Waals surface area contributed by atoms with Crippen LogP contribution in [0, 0.1) is 29.1 Å². The minimum atomic E-state index is -1.24. The molecule has 46 heavy (non-hydrogen) atoms. The predicted molar refractivity (Wildman–Crippen MR) is 169 cm³/mol. The molecule has 6 atom stereocenters. The number of halogens is 1. The maximum Gasteiger partial charge on any atom is 0.241 e. The molecule has 2 heterocycles. The van der Waals surface area contributed by atoms with Crippen molar-refractivity contribution in [3.8, 4) is 17.2 Å². The number of amides is 4. The van der Waals surface area contributed by atoms with E-state index in [1.165, 1.54) is 16.9 Å². The maximum absolute atomic E-state index is 14.5. The molecule has 0 bridgehead atoms. The SMILES string of the molecule is COc1cc(C2C3=CCC4C(=O)N(CCc5ccc(O)cc5)C(=O)C4C3CC3C(=O)N(c4ccccc4)C(=O)C32C)cc(Cl)c1O. The molecule has 3 aromatic carbocycles. The molecule has 0 aromatic heterocycles. The van der Waals surface area contributed by atoms with Crippen LogP contribution in [0.1, 0.15) is 36.8 Å². The van der Waals surface area contributed by atoms with E-state index in [0.29, 0.717) is 24.1 Å². The van der Waals surface area contributed by atoms with Crippen LogP contribution in [0.3, 0.4) is 0 Å². The molecule has 9 nitrogen and oxygen atoms in total.